The fraction of sp³-hybridized carbons (Fsp3) is 0.0417. The maximum Gasteiger partial charge on any atom is 0.194 e. The largest absolute Gasteiger partial charge is 0.453 e. The second-order valence-electron chi connectivity index (χ2n) is 6.25. The second-order valence-corrected chi connectivity index (χ2v) is 6.25. The van der Waals surface area contributed by atoms with E-state index in [0.717, 1.165) is 33.2 Å². The molecular formula is C24H18O2. The molecule has 0 aliphatic carbocycles. The molecule has 0 N–H and O–H groups in total. The average Bonchev–Trinajstić information content (AvgIpc) is 3.11. The number of fused-ring (bicyclic) bond motifs is 1. The van der Waals surface area contributed by atoms with Gasteiger partial charge < -0.3 is 4.42 Å². The van der Waals surface area contributed by atoms with Crippen molar-refractivity contribution in [3.05, 3.63) is 107 Å². The summed E-state index contributed by atoms with van der Waals surface area (Å²) in [5.41, 5.74) is 5.27. The molecule has 1 aromatic heterocycles. The highest BCUT2D eigenvalue weighted by molar-refractivity contribution is 5.97. The Morgan fingerprint density at radius 2 is 1.42 bits per heavy atom. The van der Waals surface area contributed by atoms with E-state index < -0.39 is 0 Å². The molecule has 0 unspecified atom stereocenters. The third-order valence-corrected chi connectivity index (χ3v) is 4.37. The number of ketones is 1. The van der Waals surface area contributed by atoms with E-state index in [0.29, 0.717) is 5.76 Å². The van der Waals surface area contributed by atoms with Gasteiger partial charge in [-0.2, -0.15) is 0 Å². The molecule has 0 atom stereocenters. The van der Waals surface area contributed by atoms with E-state index in [1.165, 1.54) is 6.92 Å². The molecule has 26 heavy (non-hydrogen) atoms. The van der Waals surface area contributed by atoms with Crippen molar-refractivity contribution in [3.8, 4) is 0 Å². The predicted octanol–water partition coefficient (Wildman–Crippen LogP) is 6.22. The fourth-order valence-corrected chi connectivity index (χ4v) is 3.06. The van der Waals surface area contributed by atoms with Crippen molar-refractivity contribution in [3.63, 3.8) is 0 Å². The number of rotatable bonds is 4. The van der Waals surface area contributed by atoms with Crippen molar-refractivity contribution < 1.29 is 9.21 Å². The summed E-state index contributed by atoms with van der Waals surface area (Å²) in [6.07, 6.45) is 2.17. The van der Waals surface area contributed by atoms with E-state index in [9.17, 15) is 4.79 Å². The smallest absolute Gasteiger partial charge is 0.194 e. The maximum atomic E-state index is 11.5. The van der Waals surface area contributed by atoms with Crippen LogP contribution in [0.4, 0.5) is 0 Å². The van der Waals surface area contributed by atoms with Crippen LogP contribution < -0.4 is 0 Å². The summed E-state index contributed by atoms with van der Waals surface area (Å²) < 4.78 is 5.59. The van der Waals surface area contributed by atoms with Crippen molar-refractivity contribution >= 4 is 28.4 Å². The average molecular weight is 338 g/mol. The minimum atomic E-state index is -0.0625. The van der Waals surface area contributed by atoms with E-state index >= 15 is 0 Å². The van der Waals surface area contributed by atoms with Crippen LogP contribution in [0, 0.1) is 0 Å². The highest BCUT2D eigenvalue weighted by Crippen LogP contribution is 2.28. The summed E-state index contributed by atoms with van der Waals surface area (Å²) in [7, 11) is 0. The fourth-order valence-electron chi connectivity index (χ4n) is 3.06. The van der Waals surface area contributed by atoms with E-state index in [1.807, 2.05) is 48.5 Å². The number of benzene rings is 3. The Labute approximate surface area is 152 Å². The quantitative estimate of drug-likeness (QED) is 0.326. The zero-order valence-electron chi connectivity index (χ0n) is 14.5. The second kappa shape index (κ2) is 6.85. The number of hydrogen-bond acceptors (Lipinski definition) is 2. The molecule has 0 saturated carbocycles. The Morgan fingerprint density at radius 1 is 0.808 bits per heavy atom. The Kier molecular flexibility index (Phi) is 4.24. The van der Waals surface area contributed by atoms with Gasteiger partial charge in [0.05, 0.1) is 0 Å². The lowest BCUT2D eigenvalue weighted by Gasteiger charge is -2.09. The first-order chi connectivity index (χ1) is 12.7. The molecule has 0 fully saturated rings. The molecule has 2 nitrogen and oxygen atoms in total. The molecule has 0 aliphatic rings. The lowest BCUT2D eigenvalue weighted by molar-refractivity contribution is 0.0989. The number of furan rings is 1. The van der Waals surface area contributed by atoms with E-state index in [1.54, 1.807) is 6.07 Å². The van der Waals surface area contributed by atoms with Gasteiger partial charge >= 0.3 is 0 Å². The minimum Gasteiger partial charge on any atom is -0.453 e. The summed E-state index contributed by atoms with van der Waals surface area (Å²) in [6, 6.07) is 28.5. The third-order valence-electron chi connectivity index (χ3n) is 4.37. The Balaban J connectivity index is 1.84. The number of carbonyl (C=O) groups is 1. The van der Waals surface area contributed by atoms with Crippen LogP contribution in [-0.4, -0.2) is 5.78 Å². The van der Waals surface area contributed by atoms with Crippen molar-refractivity contribution in [2.45, 2.75) is 6.92 Å². The standard InChI is InChI=1S/C24H18O2/c1-17(25)24-16-21-14-18(12-13-23(21)26-24)15-22(19-8-4-2-5-9-19)20-10-6-3-7-11-20/h2-16H,1H3. The molecule has 0 aliphatic heterocycles. The lowest BCUT2D eigenvalue weighted by Crippen LogP contribution is -1.87. The van der Waals surface area contributed by atoms with Crippen LogP contribution in [0.25, 0.3) is 22.6 Å². The zero-order chi connectivity index (χ0) is 17.9. The van der Waals surface area contributed by atoms with Crippen LogP contribution in [0.1, 0.15) is 34.2 Å². The van der Waals surface area contributed by atoms with Crippen molar-refractivity contribution in [2.24, 2.45) is 0 Å². The van der Waals surface area contributed by atoms with Crippen molar-refractivity contribution in [1.29, 1.82) is 0 Å². The van der Waals surface area contributed by atoms with Gasteiger partial charge in [-0.1, -0.05) is 66.7 Å². The monoisotopic (exact) mass is 338 g/mol. The lowest BCUT2D eigenvalue weighted by atomic mass is 9.95. The van der Waals surface area contributed by atoms with Crippen LogP contribution in [0.15, 0.2) is 89.3 Å². The van der Waals surface area contributed by atoms with Crippen LogP contribution in [0.3, 0.4) is 0 Å². The minimum absolute atomic E-state index is 0.0625. The molecule has 0 amide bonds. The SMILES string of the molecule is CC(=O)c1cc2cc(C=C(c3ccccc3)c3ccccc3)ccc2o1. The molecule has 2 heteroatoms. The molecule has 3 aromatic carbocycles. The molecule has 4 aromatic rings. The normalized spacial score (nSPS) is 10.7. The number of carbonyl (C=O) groups excluding carboxylic acids is 1. The Morgan fingerprint density at radius 3 is 2.00 bits per heavy atom. The van der Waals surface area contributed by atoms with Crippen LogP contribution in [-0.2, 0) is 0 Å². The van der Waals surface area contributed by atoms with Crippen molar-refractivity contribution in [1.82, 2.24) is 0 Å². The Hall–Kier alpha value is -3.39. The maximum absolute atomic E-state index is 11.5. The molecule has 1 heterocycles. The van der Waals surface area contributed by atoms with Gasteiger partial charge in [-0.3, -0.25) is 4.79 Å². The van der Waals surface area contributed by atoms with Gasteiger partial charge in [-0.15, -0.1) is 0 Å². The molecule has 0 bridgehead atoms. The van der Waals surface area contributed by atoms with E-state index in [2.05, 4.69) is 36.4 Å². The first-order valence-corrected chi connectivity index (χ1v) is 8.58. The van der Waals surface area contributed by atoms with Gasteiger partial charge in [-0.25, -0.2) is 0 Å². The number of hydrogen-bond donors (Lipinski definition) is 0. The van der Waals surface area contributed by atoms with Crippen molar-refractivity contribution in [2.75, 3.05) is 0 Å². The van der Waals surface area contributed by atoms with E-state index in [-0.39, 0.29) is 5.78 Å². The summed E-state index contributed by atoms with van der Waals surface area (Å²) in [5.74, 6) is 0.333. The molecule has 4 rings (SSSR count). The van der Waals surface area contributed by atoms with Gasteiger partial charge in [0.25, 0.3) is 0 Å². The predicted molar refractivity (Wildman–Crippen MR) is 106 cm³/mol. The van der Waals surface area contributed by atoms with Gasteiger partial charge in [-0.05, 0) is 46.5 Å². The zero-order valence-corrected chi connectivity index (χ0v) is 14.5. The van der Waals surface area contributed by atoms with Crippen LogP contribution in [0.2, 0.25) is 0 Å². The topological polar surface area (TPSA) is 30.2 Å². The molecule has 0 spiro atoms. The van der Waals surface area contributed by atoms with Gasteiger partial charge in [0, 0.05) is 12.3 Å². The highest BCUT2D eigenvalue weighted by Gasteiger charge is 2.09. The van der Waals surface area contributed by atoms with E-state index in [4.69, 9.17) is 4.42 Å². The highest BCUT2D eigenvalue weighted by atomic mass is 16.3. The molecule has 0 saturated heterocycles. The molecular weight excluding hydrogens is 320 g/mol. The van der Waals surface area contributed by atoms with Gasteiger partial charge in [0.2, 0.25) is 0 Å². The first kappa shape index (κ1) is 16.1. The molecule has 0 radical (unpaired) electrons. The van der Waals surface area contributed by atoms with Crippen LogP contribution >= 0.6 is 0 Å². The third kappa shape index (κ3) is 3.22. The summed E-state index contributed by atoms with van der Waals surface area (Å²) in [5, 5.41) is 0.935. The van der Waals surface area contributed by atoms with Crippen LogP contribution in [0.5, 0.6) is 0 Å². The molecule has 126 valence electrons. The van der Waals surface area contributed by atoms with Gasteiger partial charge in [0.1, 0.15) is 5.58 Å². The summed E-state index contributed by atoms with van der Waals surface area (Å²) >= 11 is 0. The Bertz CT molecular complexity index is 1050. The number of Topliss-reactive ketones (excluding diaryl/α,β-unsaturated/α-hetero) is 1. The first-order valence-electron chi connectivity index (χ1n) is 8.58. The summed E-state index contributed by atoms with van der Waals surface area (Å²) in [6.45, 7) is 1.52. The summed E-state index contributed by atoms with van der Waals surface area (Å²) in [4.78, 5) is 11.5. The van der Waals surface area contributed by atoms with Gasteiger partial charge in [0.15, 0.2) is 11.5 Å².